The largest absolute Gasteiger partial charge is 0.480 e. The van der Waals surface area contributed by atoms with E-state index >= 15 is 0 Å². The minimum absolute atomic E-state index is 0.190. The summed E-state index contributed by atoms with van der Waals surface area (Å²) in [6.07, 6.45) is 2.51. The molecule has 0 aliphatic carbocycles. The summed E-state index contributed by atoms with van der Waals surface area (Å²) >= 11 is 0. The summed E-state index contributed by atoms with van der Waals surface area (Å²) in [5.41, 5.74) is 0. The van der Waals surface area contributed by atoms with Crippen molar-refractivity contribution in [2.75, 3.05) is 6.54 Å². The van der Waals surface area contributed by atoms with E-state index in [-0.39, 0.29) is 5.92 Å². The van der Waals surface area contributed by atoms with Crippen LogP contribution in [0.15, 0.2) is 6.33 Å². The summed E-state index contributed by atoms with van der Waals surface area (Å²) in [4.78, 5) is 22.6. The number of amides is 2. The normalized spacial score (nSPS) is 12.2. The molecule has 1 rings (SSSR count). The van der Waals surface area contributed by atoms with Crippen LogP contribution in [0.5, 0.6) is 0 Å². The highest BCUT2D eigenvalue weighted by molar-refractivity contribution is 5.82. The number of rotatable bonds is 7. The van der Waals surface area contributed by atoms with Gasteiger partial charge in [-0.3, -0.25) is 0 Å². The molecule has 0 radical (unpaired) electrons. The first-order chi connectivity index (χ1) is 9.40. The fourth-order valence-electron chi connectivity index (χ4n) is 1.72. The maximum atomic E-state index is 11.6. The number of carbonyl (C=O) groups is 2. The Morgan fingerprint density at radius 2 is 2.15 bits per heavy atom. The van der Waals surface area contributed by atoms with Gasteiger partial charge in [-0.1, -0.05) is 13.8 Å². The number of urea groups is 1. The Balaban J connectivity index is 2.35. The molecule has 0 aromatic carbocycles. The third-order valence-corrected chi connectivity index (χ3v) is 2.75. The van der Waals surface area contributed by atoms with Gasteiger partial charge in [0.1, 0.15) is 18.2 Å². The van der Waals surface area contributed by atoms with Crippen molar-refractivity contribution >= 4 is 12.0 Å². The number of carboxylic acids is 1. The Hall–Kier alpha value is -2.12. The van der Waals surface area contributed by atoms with E-state index in [0.29, 0.717) is 19.4 Å². The van der Waals surface area contributed by atoms with Gasteiger partial charge in [-0.25, -0.2) is 9.59 Å². The van der Waals surface area contributed by atoms with Gasteiger partial charge in [-0.15, -0.1) is 10.2 Å². The molecule has 1 aromatic heterocycles. The molecule has 8 nitrogen and oxygen atoms in total. The topological polar surface area (TPSA) is 109 Å². The monoisotopic (exact) mass is 283 g/mol. The van der Waals surface area contributed by atoms with E-state index < -0.39 is 18.0 Å². The van der Waals surface area contributed by atoms with Crippen molar-refractivity contribution < 1.29 is 14.7 Å². The van der Waals surface area contributed by atoms with Gasteiger partial charge < -0.3 is 20.3 Å². The first-order valence-electron chi connectivity index (χ1n) is 6.50. The lowest BCUT2D eigenvalue weighted by molar-refractivity contribution is -0.139. The summed E-state index contributed by atoms with van der Waals surface area (Å²) in [6, 6.07) is -1.36. The third kappa shape index (κ3) is 5.25. The molecule has 8 heteroatoms. The van der Waals surface area contributed by atoms with E-state index in [1.54, 1.807) is 10.9 Å². The molecule has 3 N–H and O–H groups in total. The van der Waals surface area contributed by atoms with Crippen molar-refractivity contribution in [1.82, 2.24) is 25.4 Å². The fourth-order valence-corrected chi connectivity index (χ4v) is 1.72. The Bertz CT molecular complexity index is 458. The standard InChI is InChI=1S/C12H21N5O3/c1-8(2)6-9(11(18)19)15-12(20)13-5-4-10-16-14-7-17(10)3/h7-9H,4-6H2,1-3H3,(H,18,19)(H2,13,15,20)/t9-/m1/s1. The van der Waals surface area contributed by atoms with Crippen molar-refractivity contribution in [3.05, 3.63) is 12.2 Å². The average molecular weight is 283 g/mol. The van der Waals surface area contributed by atoms with Crippen molar-refractivity contribution in [3.8, 4) is 0 Å². The molecule has 0 aliphatic rings. The Labute approximate surface area is 117 Å². The third-order valence-electron chi connectivity index (χ3n) is 2.75. The molecule has 1 heterocycles. The van der Waals surface area contributed by atoms with Crippen LogP contribution in [0.2, 0.25) is 0 Å². The molecule has 20 heavy (non-hydrogen) atoms. The highest BCUT2D eigenvalue weighted by atomic mass is 16.4. The lowest BCUT2D eigenvalue weighted by Gasteiger charge is -2.16. The number of aromatic nitrogens is 3. The molecule has 0 spiro atoms. The zero-order valence-corrected chi connectivity index (χ0v) is 12.0. The van der Waals surface area contributed by atoms with Crippen molar-refractivity contribution in [2.45, 2.75) is 32.7 Å². The lowest BCUT2D eigenvalue weighted by atomic mass is 10.0. The quantitative estimate of drug-likeness (QED) is 0.660. The van der Waals surface area contributed by atoms with Crippen molar-refractivity contribution in [2.24, 2.45) is 13.0 Å². The van der Waals surface area contributed by atoms with Crippen LogP contribution in [0.4, 0.5) is 4.79 Å². The van der Waals surface area contributed by atoms with Gasteiger partial charge in [0.25, 0.3) is 0 Å². The predicted molar refractivity (Wildman–Crippen MR) is 72.1 cm³/mol. The van der Waals surface area contributed by atoms with Crippen LogP contribution in [-0.2, 0) is 18.3 Å². The molecule has 2 amide bonds. The van der Waals surface area contributed by atoms with Crippen LogP contribution in [0.1, 0.15) is 26.1 Å². The van der Waals surface area contributed by atoms with Crippen LogP contribution in [0.25, 0.3) is 0 Å². The van der Waals surface area contributed by atoms with E-state index in [1.165, 1.54) is 0 Å². The number of nitrogens with zero attached hydrogens (tertiary/aromatic N) is 3. The number of carboxylic acid groups (broad SMARTS) is 1. The number of nitrogens with one attached hydrogen (secondary N) is 2. The number of hydrogen-bond donors (Lipinski definition) is 3. The Morgan fingerprint density at radius 1 is 1.45 bits per heavy atom. The lowest BCUT2D eigenvalue weighted by Crippen LogP contribution is -2.47. The zero-order chi connectivity index (χ0) is 15.1. The molecule has 112 valence electrons. The van der Waals surface area contributed by atoms with Gasteiger partial charge in [-0.2, -0.15) is 0 Å². The van der Waals surface area contributed by atoms with E-state index in [1.807, 2.05) is 20.9 Å². The summed E-state index contributed by atoms with van der Waals surface area (Å²) in [6.45, 7) is 4.18. The fraction of sp³-hybridized carbons (Fsp3) is 0.667. The summed E-state index contributed by atoms with van der Waals surface area (Å²) in [5, 5.41) is 21.7. The predicted octanol–water partition coefficient (Wildman–Crippen LogP) is 0.156. The summed E-state index contributed by atoms with van der Waals surface area (Å²) < 4.78 is 1.76. The molecule has 1 aromatic rings. The zero-order valence-electron chi connectivity index (χ0n) is 12.0. The summed E-state index contributed by atoms with van der Waals surface area (Å²) in [5.74, 6) is -0.0838. The van der Waals surface area contributed by atoms with E-state index in [9.17, 15) is 9.59 Å². The van der Waals surface area contributed by atoms with Gasteiger partial charge in [0.2, 0.25) is 0 Å². The second kappa shape index (κ2) is 7.46. The van der Waals surface area contributed by atoms with Crippen LogP contribution in [0.3, 0.4) is 0 Å². The molecule has 0 saturated carbocycles. The molecule has 0 aliphatic heterocycles. The minimum Gasteiger partial charge on any atom is -0.480 e. The van der Waals surface area contributed by atoms with Crippen LogP contribution < -0.4 is 10.6 Å². The highest BCUT2D eigenvalue weighted by Gasteiger charge is 2.20. The second-order valence-electron chi connectivity index (χ2n) is 5.03. The van der Waals surface area contributed by atoms with Gasteiger partial charge in [-0.05, 0) is 12.3 Å². The molecule has 0 fully saturated rings. The van der Waals surface area contributed by atoms with Gasteiger partial charge >= 0.3 is 12.0 Å². The molecule has 0 unspecified atom stereocenters. The van der Waals surface area contributed by atoms with E-state index in [4.69, 9.17) is 5.11 Å². The van der Waals surface area contributed by atoms with Gasteiger partial charge in [0.15, 0.2) is 0 Å². The first kappa shape index (κ1) is 15.9. The molecule has 0 bridgehead atoms. The molecule has 0 saturated heterocycles. The van der Waals surface area contributed by atoms with E-state index in [0.717, 1.165) is 5.82 Å². The Morgan fingerprint density at radius 3 is 2.65 bits per heavy atom. The number of aryl methyl sites for hydroxylation is 1. The van der Waals surface area contributed by atoms with Crippen LogP contribution >= 0.6 is 0 Å². The maximum absolute atomic E-state index is 11.6. The Kier molecular flexibility index (Phi) is 5.95. The van der Waals surface area contributed by atoms with E-state index in [2.05, 4.69) is 20.8 Å². The summed E-state index contributed by atoms with van der Waals surface area (Å²) in [7, 11) is 1.82. The maximum Gasteiger partial charge on any atom is 0.326 e. The molecule has 1 atom stereocenters. The number of hydrogen-bond acceptors (Lipinski definition) is 4. The number of carbonyl (C=O) groups excluding carboxylic acids is 1. The van der Waals surface area contributed by atoms with Crippen molar-refractivity contribution in [3.63, 3.8) is 0 Å². The minimum atomic E-state index is -1.03. The molecular weight excluding hydrogens is 262 g/mol. The van der Waals surface area contributed by atoms with Crippen LogP contribution in [-0.4, -0.2) is 44.5 Å². The van der Waals surface area contributed by atoms with Crippen LogP contribution in [0, 0.1) is 5.92 Å². The number of aliphatic carboxylic acids is 1. The average Bonchev–Trinajstić information content (AvgIpc) is 2.73. The molecular formula is C12H21N5O3. The second-order valence-corrected chi connectivity index (χ2v) is 5.03. The van der Waals surface area contributed by atoms with Gasteiger partial charge in [0, 0.05) is 20.0 Å². The first-order valence-corrected chi connectivity index (χ1v) is 6.50. The SMILES string of the molecule is CC(C)C[C@@H](NC(=O)NCCc1nncn1C)C(=O)O. The van der Waals surface area contributed by atoms with Gasteiger partial charge in [0.05, 0.1) is 0 Å². The van der Waals surface area contributed by atoms with Crippen molar-refractivity contribution in [1.29, 1.82) is 0 Å². The highest BCUT2D eigenvalue weighted by Crippen LogP contribution is 2.04. The smallest absolute Gasteiger partial charge is 0.326 e.